The molecule has 1 N–H and O–H groups in total. The number of carboxylic acids is 1. The Labute approximate surface area is 157 Å². The molecule has 3 rings (SSSR count). The minimum atomic E-state index is -1.10. The molecule has 0 atom stereocenters. The van der Waals surface area contributed by atoms with Crippen LogP contribution in [0.4, 0.5) is 0 Å². The fourth-order valence-electron chi connectivity index (χ4n) is 3.86. The molecule has 27 heavy (non-hydrogen) atoms. The number of hydrogen-bond acceptors (Lipinski definition) is 4. The van der Waals surface area contributed by atoms with Crippen LogP contribution in [0.1, 0.15) is 77.0 Å². The lowest BCUT2D eigenvalue weighted by Crippen LogP contribution is -2.41. The molecule has 1 heterocycles. The van der Waals surface area contributed by atoms with E-state index in [1.54, 1.807) is 13.8 Å². The summed E-state index contributed by atoms with van der Waals surface area (Å²) >= 11 is 0. The van der Waals surface area contributed by atoms with E-state index >= 15 is 0 Å². The summed E-state index contributed by atoms with van der Waals surface area (Å²) in [5, 5.41) is 9.04. The van der Waals surface area contributed by atoms with Crippen molar-refractivity contribution in [2.45, 2.75) is 58.0 Å². The van der Waals surface area contributed by atoms with Crippen molar-refractivity contribution in [1.29, 1.82) is 0 Å². The second-order valence-electron chi connectivity index (χ2n) is 7.45. The Kier molecular flexibility index (Phi) is 5.30. The van der Waals surface area contributed by atoms with Crippen molar-refractivity contribution in [3.63, 3.8) is 0 Å². The number of amides is 3. The van der Waals surface area contributed by atoms with E-state index in [2.05, 4.69) is 0 Å². The molecule has 1 fully saturated rings. The third kappa shape index (κ3) is 3.59. The van der Waals surface area contributed by atoms with Gasteiger partial charge in [-0.25, -0.2) is 0 Å². The van der Waals surface area contributed by atoms with Gasteiger partial charge in [-0.1, -0.05) is 19.3 Å². The number of fused-ring (bicyclic) bond motifs is 1. The molecule has 1 aromatic rings. The maximum atomic E-state index is 12.8. The first-order valence-electron chi connectivity index (χ1n) is 9.36. The van der Waals surface area contributed by atoms with Gasteiger partial charge < -0.3 is 10.0 Å². The molecular formula is C20H24N2O5. The van der Waals surface area contributed by atoms with Gasteiger partial charge in [0.1, 0.15) is 6.54 Å². The Morgan fingerprint density at radius 3 is 2.33 bits per heavy atom. The van der Waals surface area contributed by atoms with Crippen LogP contribution in [0.15, 0.2) is 18.2 Å². The summed E-state index contributed by atoms with van der Waals surface area (Å²) in [6.45, 7) is 3.04. The summed E-state index contributed by atoms with van der Waals surface area (Å²) in [6, 6.07) is 4.04. The normalized spacial score (nSPS) is 17.4. The molecule has 0 aromatic heterocycles. The van der Waals surface area contributed by atoms with Crippen LogP contribution in [0.3, 0.4) is 0 Å². The van der Waals surface area contributed by atoms with Crippen molar-refractivity contribution in [2.75, 3.05) is 6.54 Å². The molecule has 7 heteroatoms. The van der Waals surface area contributed by atoms with Crippen molar-refractivity contribution in [3.05, 3.63) is 34.9 Å². The van der Waals surface area contributed by atoms with Gasteiger partial charge in [0.15, 0.2) is 0 Å². The van der Waals surface area contributed by atoms with E-state index in [-0.39, 0.29) is 35.0 Å². The molecule has 0 saturated heterocycles. The Hall–Kier alpha value is -2.70. The van der Waals surface area contributed by atoms with Gasteiger partial charge in [0, 0.05) is 17.6 Å². The number of carboxylic acid groups (broad SMARTS) is 1. The SMILES string of the molecule is CC(C)N(CC(=O)O)C(=O)c1ccc2c(c1)C(=O)N(C1CCCCC1)C2=O. The number of hydrogen-bond donors (Lipinski definition) is 1. The Morgan fingerprint density at radius 2 is 1.74 bits per heavy atom. The number of aliphatic carboxylic acids is 1. The zero-order chi connectivity index (χ0) is 19.7. The van der Waals surface area contributed by atoms with Gasteiger partial charge in [0.05, 0.1) is 11.1 Å². The van der Waals surface area contributed by atoms with Crippen LogP contribution in [-0.4, -0.2) is 57.2 Å². The van der Waals surface area contributed by atoms with Crippen molar-refractivity contribution in [2.24, 2.45) is 0 Å². The average Bonchev–Trinajstić information content (AvgIpc) is 2.89. The van der Waals surface area contributed by atoms with Gasteiger partial charge in [-0.15, -0.1) is 0 Å². The predicted molar refractivity (Wildman–Crippen MR) is 97.6 cm³/mol. The number of carbonyl (C=O) groups excluding carboxylic acids is 3. The molecule has 7 nitrogen and oxygen atoms in total. The lowest BCUT2D eigenvalue weighted by molar-refractivity contribution is -0.138. The lowest BCUT2D eigenvalue weighted by Gasteiger charge is -2.29. The van der Waals surface area contributed by atoms with Gasteiger partial charge in [0.25, 0.3) is 17.7 Å². The largest absolute Gasteiger partial charge is 0.480 e. The van der Waals surface area contributed by atoms with Crippen LogP contribution in [0.5, 0.6) is 0 Å². The zero-order valence-corrected chi connectivity index (χ0v) is 15.6. The summed E-state index contributed by atoms with van der Waals surface area (Å²) in [7, 11) is 0. The number of benzene rings is 1. The topological polar surface area (TPSA) is 95.0 Å². The molecule has 0 spiro atoms. The van der Waals surface area contributed by atoms with Crippen molar-refractivity contribution in [1.82, 2.24) is 9.80 Å². The summed E-state index contributed by atoms with van der Waals surface area (Å²) < 4.78 is 0. The summed E-state index contributed by atoms with van der Waals surface area (Å²) in [5.74, 6) is -2.22. The molecule has 0 unspecified atom stereocenters. The van der Waals surface area contributed by atoms with Crippen LogP contribution in [0, 0.1) is 0 Å². The van der Waals surface area contributed by atoms with Crippen LogP contribution >= 0.6 is 0 Å². The van der Waals surface area contributed by atoms with Gasteiger partial charge in [-0.05, 0) is 44.9 Å². The van der Waals surface area contributed by atoms with E-state index in [1.807, 2.05) is 0 Å². The highest BCUT2D eigenvalue weighted by atomic mass is 16.4. The monoisotopic (exact) mass is 372 g/mol. The fourth-order valence-corrected chi connectivity index (χ4v) is 3.86. The minimum Gasteiger partial charge on any atom is -0.480 e. The smallest absolute Gasteiger partial charge is 0.323 e. The van der Waals surface area contributed by atoms with Crippen LogP contribution in [0.25, 0.3) is 0 Å². The molecule has 3 amide bonds. The third-order valence-corrected chi connectivity index (χ3v) is 5.29. The first-order valence-corrected chi connectivity index (χ1v) is 9.36. The lowest BCUT2D eigenvalue weighted by atomic mass is 9.94. The Morgan fingerprint density at radius 1 is 1.11 bits per heavy atom. The van der Waals surface area contributed by atoms with E-state index in [0.717, 1.165) is 32.1 Å². The molecule has 1 aliphatic heterocycles. The molecule has 1 saturated carbocycles. The first-order chi connectivity index (χ1) is 12.8. The molecule has 0 radical (unpaired) electrons. The van der Waals surface area contributed by atoms with Gasteiger partial charge in [-0.3, -0.25) is 24.1 Å². The predicted octanol–water partition coefficient (Wildman–Crippen LogP) is 2.55. The van der Waals surface area contributed by atoms with Crippen LogP contribution < -0.4 is 0 Å². The molecule has 144 valence electrons. The highest BCUT2D eigenvalue weighted by Gasteiger charge is 2.40. The molecular weight excluding hydrogens is 348 g/mol. The number of imide groups is 1. The Balaban J connectivity index is 1.89. The van der Waals surface area contributed by atoms with Gasteiger partial charge in [-0.2, -0.15) is 0 Å². The maximum absolute atomic E-state index is 12.8. The summed E-state index contributed by atoms with van der Waals surface area (Å²) in [6.07, 6.45) is 4.75. The maximum Gasteiger partial charge on any atom is 0.323 e. The number of nitrogens with zero attached hydrogens (tertiary/aromatic N) is 2. The highest BCUT2D eigenvalue weighted by Crippen LogP contribution is 2.31. The van der Waals surface area contributed by atoms with Crippen LogP contribution in [0.2, 0.25) is 0 Å². The van der Waals surface area contributed by atoms with Crippen molar-refractivity contribution < 1.29 is 24.3 Å². The summed E-state index contributed by atoms with van der Waals surface area (Å²) in [4.78, 5) is 51.9. The van der Waals surface area contributed by atoms with E-state index in [0.29, 0.717) is 5.56 Å². The first kappa shape index (κ1) is 19.1. The molecule has 1 aliphatic carbocycles. The number of rotatable bonds is 5. The molecule has 0 bridgehead atoms. The third-order valence-electron chi connectivity index (χ3n) is 5.29. The minimum absolute atomic E-state index is 0.0792. The molecule has 2 aliphatic rings. The van der Waals surface area contributed by atoms with E-state index in [1.165, 1.54) is 28.0 Å². The van der Waals surface area contributed by atoms with Crippen molar-refractivity contribution in [3.8, 4) is 0 Å². The highest BCUT2D eigenvalue weighted by molar-refractivity contribution is 6.22. The van der Waals surface area contributed by atoms with E-state index in [9.17, 15) is 19.2 Å². The van der Waals surface area contributed by atoms with E-state index in [4.69, 9.17) is 5.11 Å². The standard InChI is InChI=1S/C20H24N2O5/c1-12(2)21(11-17(23)24)18(25)13-8-9-15-16(10-13)20(27)22(19(15)26)14-6-4-3-5-7-14/h8-10,12,14H,3-7,11H2,1-2H3,(H,23,24). The number of carbonyl (C=O) groups is 4. The zero-order valence-electron chi connectivity index (χ0n) is 15.6. The van der Waals surface area contributed by atoms with Crippen molar-refractivity contribution >= 4 is 23.7 Å². The second-order valence-corrected chi connectivity index (χ2v) is 7.45. The Bertz CT molecular complexity index is 796. The van der Waals surface area contributed by atoms with Gasteiger partial charge in [0.2, 0.25) is 0 Å². The molecule has 1 aromatic carbocycles. The second kappa shape index (κ2) is 7.50. The van der Waals surface area contributed by atoms with Gasteiger partial charge >= 0.3 is 5.97 Å². The fraction of sp³-hybridized carbons (Fsp3) is 0.500. The van der Waals surface area contributed by atoms with E-state index < -0.39 is 18.4 Å². The quantitative estimate of drug-likeness (QED) is 0.802. The average molecular weight is 372 g/mol. The van der Waals surface area contributed by atoms with Crippen LogP contribution in [-0.2, 0) is 4.79 Å². The summed E-state index contributed by atoms with van der Waals surface area (Å²) in [5.41, 5.74) is 0.766.